The van der Waals surface area contributed by atoms with Crippen LogP contribution in [0.5, 0.6) is 0 Å². The lowest BCUT2D eigenvalue weighted by molar-refractivity contribution is -0.290. The molecule has 29 heavy (non-hydrogen) atoms. The molecular formula is C24H40O5. The Labute approximate surface area is 176 Å². The molecule has 2 aliphatic carbocycles. The summed E-state index contributed by atoms with van der Waals surface area (Å²) in [6, 6.07) is 0. The van der Waals surface area contributed by atoms with Crippen LogP contribution in [0.4, 0.5) is 0 Å². The molecular weight excluding hydrogens is 368 g/mol. The number of rotatable bonds is 4. The van der Waals surface area contributed by atoms with Crippen molar-refractivity contribution in [3.05, 3.63) is 0 Å². The third kappa shape index (κ3) is 4.08. The summed E-state index contributed by atoms with van der Waals surface area (Å²) < 4.78 is 17.7. The van der Waals surface area contributed by atoms with E-state index in [1.807, 2.05) is 6.92 Å². The minimum absolute atomic E-state index is 0.0408. The van der Waals surface area contributed by atoms with E-state index in [1.54, 1.807) is 0 Å². The van der Waals surface area contributed by atoms with E-state index < -0.39 is 11.7 Å². The molecule has 1 aliphatic heterocycles. The van der Waals surface area contributed by atoms with Gasteiger partial charge in [0.05, 0.1) is 5.60 Å². The maximum absolute atomic E-state index is 11.7. The second-order valence-corrected chi connectivity index (χ2v) is 11.2. The molecule has 0 N–H and O–H groups in total. The highest BCUT2D eigenvalue weighted by Crippen LogP contribution is 2.65. The topological polar surface area (TPSA) is 61.8 Å². The van der Waals surface area contributed by atoms with E-state index in [9.17, 15) is 9.59 Å². The number of ether oxygens (including phenoxy) is 3. The molecule has 0 amide bonds. The fourth-order valence-corrected chi connectivity index (χ4v) is 7.33. The third-order valence-corrected chi connectivity index (χ3v) is 8.56. The van der Waals surface area contributed by atoms with Gasteiger partial charge in [-0.15, -0.1) is 0 Å². The zero-order valence-electron chi connectivity index (χ0n) is 19.4. The van der Waals surface area contributed by atoms with Crippen LogP contribution >= 0.6 is 0 Å². The smallest absolute Gasteiger partial charge is 0.303 e. The maximum atomic E-state index is 11.7. The van der Waals surface area contributed by atoms with Crippen molar-refractivity contribution in [1.82, 2.24) is 0 Å². The van der Waals surface area contributed by atoms with Gasteiger partial charge >= 0.3 is 11.9 Å². The van der Waals surface area contributed by atoms with E-state index >= 15 is 0 Å². The molecule has 0 radical (unpaired) electrons. The first-order valence-electron chi connectivity index (χ1n) is 11.3. The summed E-state index contributed by atoms with van der Waals surface area (Å²) in [6.07, 6.45) is 7.32. The van der Waals surface area contributed by atoms with Gasteiger partial charge in [-0.25, -0.2) is 0 Å². The number of carbonyl (C=O) groups excluding carboxylic acids is 2. The summed E-state index contributed by atoms with van der Waals surface area (Å²) >= 11 is 0. The molecule has 166 valence electrons. The Morgan fingerprint density at radius 3 is 2.21 bits per heavy atom. The second kappa shape index (κ2) is 7.55. The highest BCUT2D eigenvalue weighted by atomic mass is 16.6. The third-order valence-electron chi connectivity index (χ3n) is 8.56. The number of hydrogen-bond acceptors (Lipinski definition) is 5. The predicted molar refractivity (Wildman–Crippen MR) is 111 cm³/mol. The Kier molecular flexibility index (Phi) is 5.88. The van der Waals surface area contributed by atoms with Crippen molar-refractivity contribution < 1.29 is 23.8 Å². The van der Waals surface area contributed by atoms with E-state index in [4.69, 9.17) is 14.2 Å². The van der Waals surface area contributed by atoms with Gasteiger partial charge in [0.1, 0.15) is 12.2 Å². The van der Waals surface area contributed by atoms with Gasteiger partial charge in [0.2, 0.25) is 0 Å². The van der Waals surface area contributed by atoms with Crippen molar-refractivity contribution in [3.63, 3.8) is 0 Å². The van der Waals surface area contributed by atoms with Crippen molar-refractivity contribution in [3.8, 4) is 0 Å². The van der Waals surface area contributed by atoms with Crippen molar-refractivity contribution in [1.29, 1.82) is 0 Å². The Morgan fingerprint density at radius 1 is 0.931 bits per heavy atom. The first kappa shape index (κ1) is 22.6. The monoisotopic (exact) mass is 408 g/mol. The van der Waals surface area contributed by atoms with E-state index in [-0.39, 0.29) is 29.6 Å². The zero-order chi connectivity index (χ0) is 21.7. The fourth-order valence-electron chi connectivity index (χ4n) is 7.33. The molecule has 5 heteroatoms. The minimum atomic E-state index is -0.653. The first-order chi connectivity index (χ1) is 13.3. The van der Waals surface area contributed by atoms with E-state index in [1.165, 1.54) is 39.5 Å². The molecule has 5 nitrogen and oxygen atoms in total. The molecule has 0 unspecified atom stereocenters. The summed E-state index contributed by atoms with van der Waals surface area (Å²) in [6.45, 7) is 14.5. The fraction of sp³-hybridized carbons (Fsp3) is 0.917. The number of hydrogen-bond donors (Lipinski definition) is 0. The van der Waals surface area contributed by atoms with Crippen LogP contribution in [0.1, 0.15) is 93.4 Å². The van der Waals surface area contributed by atoms with Crippen LogP contribution in [0.2, 0.25) is 0 Å². The van der Waals surface area contributed by atoms with Crippen LogP contribution in [-0.2, 0) is 23.8 Å². The van der Waals surface area contributed by atoms with Crippen LogP contribution in [0.25, 0.3) is 0 Å². The summed E-state index contributed by atoms with van der Waals surface area (Å²) in [7, 11) is 0. The minimum Gasteiger partial charge on any atom is -0.462 e. The predicted octanol–water partition coefficient (Wildman–Crippen LogP) is 5.05. The molecule has 0 spiro atoms. The van der Waals surface area contributed by atoms with Gasteiger partial charge in [-0.05, 0) is 75.0 Å². The van der Waals surface area contributed by atoms with Crippen molar-refractivity contribution in [2.45, 2.75) is 111 Å². The maximum Gasteiger partial charge on any atom is 0.303 e. The average molecular weight is 409 g/mol. The first-order valence-corrected chi connectivity index (χ1v) is 11.3. The number of fused-ring (bicyclic) bond motifs is 3. The molecule has 0 aromatic rings. The Hall–Kier alpha value is -1.10. The van der Waals surface area contributed by atoms with E-state index in [0.29, 0.717) is 11.3 Å². The van der Waals surface area contributed by atoms with Gasteiger partial charge in [-0.3, -0.25) is 9.59 Å². The summed E-state index contributed by atoms with van der Waals surface area (Å²) in [5.41, 5.74) is -0.242. The molecule has 0 aromatic heterocycles. The number of carbonyl (C=O) groups is 2. The molecule has 0 aromatic carbocycles. The molecule has 0 bridgehead atoms. The normalized spacial score (nSPS) is 42.2. The average Bonchev–Trinajstić information content (AvgIpc) is 2.56. The van der Waals surface area contributed by atoms with Crippen LogP contribution < -0.4 is 0 Å². The highest BCUT2D eigenvalue weighted by Gasteiger charge is 2.62. The van der Waals surface area contributed by atoms with E-state index in [0.717, 1.165) is 25.2 Å². The number of esters is 2. The van der Waals surface area contributed by atoms with Crippen LogP contribution in [-0.4, -0.2) is 35.9 Å². The van der Waals surface area contributed by atoms with Gasteiger partial charge < -0.3 is 14.2 Å². The van der Waals surface area contributed by atoms with Crippen LogP contribution in [0.15, 0.2) is 0 Å². The standard InChI is InChI=1S/C24H40O5/c1-16(25)27-15-20(28-17(2)26)24(7)14-10-19-22(5)12-8-11-21(3,4)18(22)9-13-23(19,6)29-24/h18-20H,8-15H2,1-7H3/t18-,19+,20-,22-,23+,24-/m0/s1. The quantitative estimate of drug-likeness (QED) is 0.609. The van der Waals surface area contributed by atoms with Gasteiger partial charge in [0.25, 0.3) is 0 Å². The highest BCUT2D eigenvalue weighted by molar-refractivity contribution is 5.67. The van der Waals surface area contributed by atoms with Crippen molar-refractivity contribution in [2.24, 2.45) is 22.7 Å². The Bertz CT molecular complexity index is 658. The Morgan fingerprint density at radius 2 is 1.59 bits per heavy atom. The van der Waals surface area contributed by atoms with Crippen molar-refractivity contribution >= 4 is 11.9 Å². The van der Waals surface area contributed by atoms with Crippen LogP contribution in [0, 0.1) is 22.7 Å². The summed E-state index contributed by atoms with van der Waals surface area (Å²) in [5, 5.41) is 0. The SMILES string of the molecule is CC(=O)OC[C@H](OC(C)=O)[C@]1(C)CC[C@@H]2[C@@]3(C)CCCC(C)(C)[C@@H]3CC[C@@]2(C)O1. The molecule has 3 fully saturated rings. The lowest BCUT2D eigenvalue weighted by Crippen LogP contribution is -2.65. The lowest BCUT2D eigenvalue weighted by atomic mass is 9.44. The van der Waals surface area contributed by atoms with Gasteiger partial charge in [-0.1, -0.05) is 27.2 Å². The molecule has 1 saturated heterocycles. The van der Waals surface area contributed by atoms with Gasteiger partial charge in [0.15, 0.2) is 6.10 Å². The zero-order valence-corrected chi connectivity index (χ0v) is 19.4. The molecule has 1 heterocycles. The van der Waals surface area contributed by atoms with E-state index in [2.05, 4.69) is 27.7 Å². The van der Waals surface area contributed by atoms with Gasteiger partial charge in [-0.2, -0.15) is 0 Å². The van der Waals surface area contributed by atoms with Crippen molar-refractivity contribution in [2.75, 3.05) is 6.61 Å². The van der Waals surface area contributed by atoms with Crippen LogP contribution in [0.3, 0.4) is 0 Å². The lowest BCUT2D eigenvalue weighted by Gasteiger charge is -2.65. The largest absolute Gasteiger partial charge is 0.462 e. The summed E-state index contributed by atoms with van der Waals surface area (Å²) in [4.78, 5) is 23.1. The molecule has 2 saturated carbocycles. The summed E-state index contributed by atoms with van der Waals surface area (Å²) in [5.74, 6) is 0.472. The molecule has 3 aliphatic rings. The molecule has 3 rings (SSSR count). The molecule has 6 atom stereocenters. The second-order valence-electron chi connectivity index (χ2n) is 11.2. The van der Waals surface area contributed by atoms with Gasteiger partial charge in [0, 0.05) is 13.8 Å². The Balaban J connectivity index is 1.85.